The van der Waals surface area contributed by atoms with Gasteiger partial charge in [0.25, 0.3) is 0 Å². The number of carboxylic acid groups (broad SMARTS) is 1. The summed E-state index contributed by atoms with van der Waals surface area (Å²) in [6.45, 7) is 0. The van der Waals surface area contributed by atoms with Crippen LogP contribution in [0.15, 0.2) is 0 Å². The first-order valence-corrected chi connectivity index (χ1v) is 5.38. The van der Waals surface area contributed by atoms with Crippen molar-refractivity contribution in [1.82, 2.24) is 0 Å². The maximum atomic E-state index is 10.1. The van der Waals surface area contributed by atoms with Gasteiger partial charge in [0, 0.05) is 17.9 Å². The first-order chi connectivity index (χ1) is 5.27. The van der Waals surface area contributed by atoms with Crippen LogP contribution < -0.4 is 0 Å². The van der Waals surface area contributed by atoms with Gasteiger partial charge in [0.15, 0.2) is 0 Å². The van der Waals surface area contributed by atoms with Crippen LogP contribution in [0.4, 0.5) is 0 Å². The normalized spacial score (nSPS) is 9.91. The van der Waals surface area contributed by atoms with Gasteiger partial charge in [-0.2, -0.15) is 11.8 Å². The lowest BCUT2D eigenvalue weighted by Crippen LogP contribution is -1.94. The Bertz CT molecular complexity index is 107. The molecule has 0 atom stereocenters. The van der Waals surface area contributed by atoms with Gasteiger partial charge in [-0.3, -0.25) is 4.79 Å². The summed E-state index contributed by atoms with van der Waals surface area (Å²) < 4.78 is 0. The first kappa shape index (κ1) is 11.2. The van der Waals surface area contributed by atoms with E-state index in [1.54, 1.807) is 0 Å². The van der Waals surface area contributed by atoms with Crippen LogP contribution >= 0.6 is 24.4 Å². The molecular formula is C7H13O2S2. The Morgan fingerprint density at radius 3 is 2.64 bits per heavy atom. The molecule has 0 amide bonds. The highest BCUT2D eigenvalue weighted by atomic mass is 32.2. The Morgan fingerprint density at radius 1 is 1.36 bits per heavy atom. The molecule has 0 unspecified atom stereocenters. The molecule has 0 aromatic carbocycles. The van der Waals surface area contributed by atoms with Crippen LogP contribution in [0.25, 0.3) is 0 Å². The molecule has 0 spiro atoms. The van der Waals surface area contributed by atoms with E-state index in [2.05, 4.69) is 0 Å². The van der Waals surface area contributed by atoms with Gasteiger partial charge in [0.2, 0.25) is 0 Å². The molecular weight excluding hydrogens is 180 g/mol. The molecule has 1 radical (unpaired) electrons. The third-order valence-corrected chi connectivity index (χ3v) is 2.69. The minimum Gasteiger partial charge on any atom is -0.481 e. The molecule has 0 bridgehead atoms. The fourth-order valence-corrected chi connectivity index (χ4v) is 1.73. The largest absolute Gasteiger partial charge is 0.481 e. The summed E-state index contributed by atoms with van der Waals surface area (Å²) in [5, 5.41) is 8.29. The van der Waals surface area contributed by atoms with Gasteiger partial charge >= 0.3 is 5.97 Å². The van der Waals surface area contributed by atoms with Gasteiger partial charge in [-0.1, -0.05) is 12.6 Å². The lowest BCUT2D eigenvalue weighted by atomic mass is 10.3. The van der Waals surface area contributed by atoms with Crippen molar-refractivity contribution in [3.05, 3.63) is 0 Å². The quantitative estimate of drug-likeness (QED) is 0.630. The predicted octanol–water partition coefficient (Wildman–Crippen LogP) is 2.17. The van der Waals surface area contributed by atoms with E-state index in [0.717, 1.165) is 30.1 Å². The molecule has 0 aliphatic rings. The average Bonchev–Trinajstić information content (AvgIpc) is 1.96. The zero-order valence-corrected chi connectivity index (χ0v) is 8.05. The van der Waals surface area contributed by atoms with E-state index >= 15 is 0 Å². The van der Waals surface area contributed by atoms with Crippen molar-refractivity contribution >= 4 is 30.4 Å². The van der Waals surface area contributed by atoms with Crippen molar-refractivity contribution in [2.24, 2.45) is 0 Å². The molecule has 0 fully saturated rings. The zero-order valence-electron chi connectivity index (χ0n) is 6.41. The van der Waals surface area contributed by atoms with E-state index in [1.165, 1.54) is 0 Å². The van der Waals surface area contributed by atoms with E-state index in [4.69, 9.17) is 17.7 Å². The molecule has 0 aliphatic carbocycles. The van der Waals surface area contributed by atoms with Crippen molar-refractivity contribution < 1.29 is 9.90 Å². The highest BCUT2D eigenvalue weighted by Crippen LogP contribution is 2.06. The van der Waals surface area contributed by atoms with Gasteiger partial charge in [-0.25, -0.2) is 0 Å². The minimum absolute atomic E-state index is 0.300. The number of aliphatic carboxylic acids is 1. The van der Waals surface area contributed by atoms with Gasteiger partial charge < -0.3 is 5.11 Å². The van der Waals surface area contributed by atoms with E-state index in [9.17, 15) is 4.79 Å². The Balaban J connectivity index is 2.85. The third-order valence-electron chi connectivity index (χ3n) is 1.16. The van der Waals surface area contributed by atoms with Crippen LogP contribution in [-0.4, -0.2) is 28.3 Å². The van der Waals surface area contributed by atoms with E-state index in [1.807, 2.05) is 11.8 Å². The first-order valence-electron chi connectivity index (χ1n) is 3.65. The molecule has 0 rings (SSSR count). The van der Waals surface area contributed by atoms with Crippen molar-refractivity contribution in [2.45, 2.75) is 19.3 Å². The monoisotopic (exact) mass is 193 g/mol. The Hall–Kier alpha value is 0.170. The second-order valence-corrected chi connectivity index (χ2v) is 3.80. The summed E-state index contributed by atoms with van der Waals surface area (Å²) in [4.78, 5) is 10.1. The summed E-state index contributed by atoms with van der Waals surface area (Å²) in [7, 11) is 0. The van der Waals surface area contributed by atoms with Crippen LogP contribution in [0.5, 0.6) is 0 Å². The number of hydrogen-bond donors (Lipinski definition) is 1. The van der Waals surface area contributed by atoms with Crippen LogP contribution in [0.1, 0.15) is 19.3 Å². The van der Waals surface area contributed by atoms with Crippen LogP contribution in [0, 0.1) is 0 Å². The molecule has 2 nitrogen and oxygen atoms in total. The number of carbonyl (C=O) groups is 1. The van der Waals surface area contributed by atoms with Crippen LogP contribution in [0.3, 0.4) is 0 Å². The summed E-state index contributed by atoms with van der Waals surface area (Å²) in [5.41, 5.74) is 0. The molecule has 0 aliphatic heterocycles. The van der Waals surface area contributed by atoms with Crippen LogP contribution in [0.2, 0.25) is 0 Å². The van der Waals surface area contributed by atoms with Crippen molar-refractivity contribution in [3.63, 3.8) is 0 Å². The lowest BCUT2D eigenvalue weighted by molar-refractivity contribution is -0.137. The molecule has 0 aromatic heterocycles. The third kappa shape index (κ3) is 10.2. The number of unbranched alkanes of at least 4 members (excludes halogenated alkanes) is 1. The summed E-state index contributed by atoms with van der Waals surface area (Å²) >= 11 is 6.56. The topological polar surface area (TPSA) is 37.3 Å². The van der Waals surface area contributed by atoms with Crippen molar-refractivity contribution in [2.75, 3.05) is 17.3 Å². The van der Waals surface area contributed by atoms with Gasteiger partial charge in [-0.05, 0) is 18.6 Å². The summed E-state index contributed by atoms with van der Waals surface area (Å²) in [6, 6.07) is 0. The van der Waals surface area contributed by atoms with Gasteiger partial charge in [0.1, 0.15) is 0 Å². The molecule has 0 heterocycles. The van der Waals surface area contributed by atoms with Gasteiger partial charge in [0.05, 0.1) is 0 Å². The predicted molar refractivity (Wildman–Crippen MR) is 51.3 cm³/mol. The number of rotatable bonds is 7. The highest BCUT2D eigenvalue weighted by Gasteiger charge is 1.95. The molecule has 1 N–H and O–H groups in total. The fraction of sp³-hybridized carbons (Fsp3) is 0.857. The van der Waals surface area contributed by atoms with Crippen molar-refractivity contribution in [1.29, 1.82) is 0 Å². The Morgan fingerprint density at radius 2 is 2.09 bits per heavy atom. The number of hydrogen-bond acceptors (Lipinski definition) is 2. The zero-order chi connectivity index (χ0) is 8.53. The maximum Gasteiger partial charge on any atom is 0.303 e. The minimum atomic E-state index is -0.696. The molecule has 65 valence electrons. The number of carboxylic acids is 1. The molecule has 0 saturated carbocycles. The average molecular weight is 193 g/mol. The SMILES string of the molecule is O=C(O)CCCCSCC[S]. The number of thioether (sulfide) groups is 1. The smallest absolute Gasteiger partial charge is 0.303 e. The van der Waals surface area contributed by atoms with Crippen LogP contribution in [-0.2, 0) is 4.79 Å². The molecule has 4 heteroatoms. The second-order valence-electron chi connectivity index (χ2n) is 2.17. The summed E-state index contributed by atoms with van der Waals surface area (Å²) in [6.07, 6.45) is 2.08. The fourth-order valence-electron chi connectivity index (χ4n) is 0.641. The molecule has 0 aromatic rings. The van der Waals surface area contributed by atoms with E-state index in [0.29, 0.717) is 6.42 Å². The van der Waals surface area contributed by atoms with E-state index < -0.39 is 5.97 Å². The van der Waals surface area contributed by atoms with Crippen molar-refractivity contribution in [3.8, 4) is 0 Å². The second kappa shape index (κ2) is 8.27. The standard InChI is InChI=1S/C7H13O2S2/c8-7(9)3-1-2-5-11-6-4-10/h1-6H2,(H,8,9). The Kier molecular flexibility index (Phi) is 8.40. The summed E-state index contributed by atoms with van der Waals surface area (Å²) in [5.74, 6) is 2.16. The molecule has 0 saturated heterocycles. The lowest BCUT2D eigenvalue weighted by Gasteiger charge is -1.96. The Labute approximate surface area is 77.2 Å². The molecule has 11 heavy (non-hydrogen) atoms. The highest BCUT2D eigenvalue weighted by molar-refractivity contribution is 7.99. The van der Waals surface area contributed by atoms with E-state index in [-0.39, 0.29) is 0 Å². The maximum absolute atomic E-state index is 10.1. The van der Waals surface area contributed by atoms with Gasteiger partial charge in [-0.15, -0.1) is 0 Å².